The van der Waals surface area contributed by atoms with Crippen molar-refractivity contribution in [3.63, 3.8) is 0 Å². The fourth-order valence-corrected chi connectivity index (χ4v) is 4.13. The molecule has 0 spiro atoms. The topological polar surface area (TPSA) is 42.2 Å². The summed E-state index contributed by atoms with van der Waals surface area (Å²) in [7, 11) is 1.60. The number of ether oxygens (including phenoxy) is 2. The third-order valence-electron chi connectivity index (χ3n) is 4.18. The summed E-state index contributed by atoms with van der Waals surface area (Å²) in [6.07, 6.45) is 1.79. The van der Waals surface area contributed by atoms with Crippen molar-refractivity contribution < 1.29 is 13.9 Å². The maximum absolute atomic E-state index is 13.8. The highest BCUT2D eigenvalue weighted by atomic mass is 79.9. The number of allylic oxidation sites excluding steroid dienone is 1. The Morgan fingerprint density at radius 2 is 1.72 bits per heavy atom. The first-order chi connectivity index (χ1) is 14.0. The number of rotatable bonds is 6. The lowest BCUT2D eigenvalue weighted by Crippen LogP contribution is -1.99. The van der Waals surface area contributed by atoms with Gasteiger partial charge in [-0.05, 0) is 91.5 Å². The lowest BCUT2D eigenvalue weighted by Gasteiger charge is -2.12. The molecule has 0 heterocycles. The second-order valence-corrected chi connectivity index (χ2v) is 7.80. The van der Waals surface area contributed by atoms with Crippen molar-refractivity contribution in [2.24, 2.45) is 0 Å². The van der Waals surface area contributed by atoms with Gasteiger partial charge >= 0.3 is 0 Å². The number of hydrogen-bond donors (Lipinski definition) is 0. The van der Waals surface area contributed by atoms with Crippen molar-refractivity contribution in [1.29, 1.82) is 5.26 Å². The maximum Gasteiger partial charge on any atom is 0.148 e. The standard InChI is InChI=1S/C23H16Br2FNO2/c1-28-19-8-6-16(7-9-19)18(13-27)10-15-11-20(24)23(21(25)12-15)29-14-17-4-2-3-5-22(17)26/h2-12H,14H2,1H3/b18-10+. The molecule has 0 aliphatic carbocycles. The van der Waals surface area contributed by atoms with Crippen LogP contribution in [0.2, 0.25) is 0 Å². The number of nitrogens with zero attached hydrogens (tertiary/aromatic N) is 1. The summed E-state index contributed by atoms with van der Waals surface area (Å²) < 4.78 is 26.1. The molecule has 0 aromatic heterocycles. The summed E-state index contributed by atoms with van der Waals surface area (Å²) in [5, 5.41) is 9.56. The summed E-state index contributed by atoms with van der Waals surface area (Å²) in [4.78, 5) is 0. The normalized spacial score (nSPS) is 11.1. The molecule has 0 bridgehead atoms. The zero-order valence-corrected chi connectivity index (χ0v) is 18.6. The third-order valence-corrected chi connectivity index (χ3v) is 5.36. The van der Waals surface area contributed by atoms with Crippen molar-refractivity contribution >= 4 is 43.5 Å². The molecule has 3 aromatic carbocycles. The van der Waals surface area contributed by atoms with Gasteiger partial charge in [-0.15, -0.1) is 0 Å². The fourth-order valence-electron chi connectivity index (χ4n) is 2.68. The Bertz CT molecular complexity index is 1070. The van der Waals surface area contributed by atoms with Gasteiger partial charge in [0.15, 0.2) is 0 Å². The molecule has 0 aliphatic heterocycles. The quantitative estimate of drug-likeness (QED) is 0.261. The van der Waals surface area contributed by atoms with Crippen molar-refractivity contribution in [1.82, 2.24) is 0 Å². The summed E-state index contributed by atoms with van der Waals surface area (Å²) >= 11 is 7.00. The molecule has 0 saturated carbocycles. The van der Waals surface area contributed by atoms with Crippen LogP contribution in [0.15, 0.2) is 69.6 Å². The van der Waals surface area contributed by atoms with Crippen LogP contribution in [0.5, 0.6) is 11.5 Å². The second kappa shape index (κ2) is 9.73. The molecular weight excluding hydrogens is 501 g/mol. The van der Waals surface area contributed by atoms with E-state index < -0.39 is 0 Å². The largest absolute Gasteiger partial charge is 0.497 e. The van der Waals surface area contributed by atoms with Crippen molar-refractivity contribution in [2.45, 2.75) is 6.61 Å². The van der Waals surface area contributed by atoms with Crippen LogP contribution in [0.3, 0.4) is 0 Å². The van der Waals surface area contributed by atoms with E-state index in [4.69, 9.17) is 9.47 Å². The number of halogens is 3. The minimum atomic E-state index is -0.308. The highest BCUT2D eigenvalue weighted by molar-refractivity contribution is 9.11. The van der Waals surface area contributed by atoms with Crippen molar-refractivity contribution in [2.75, 3.05) is 7.11 Å². The summed E-state index contributed by atoms with van der Waals surface area (Å²) in [5.74, 6) is 0.985. The molecule has 0 saturated heterocycles. The Hall–Kier alpha value is -2.62. The Balaban J connectivity index is 1.84. The van der Waals surface area contributed by atoms with Gasteiger partial charge in [0, 0.05) is 5.56 Å². The van der Waals surface area contributed by atoms with Crippen molar-refractivity contribution in [3.8, 4) is 17.6 Å². The zero-order chi connectivity index (χ0) is 20.8. The number of hydrogen-bond acceptors (Lipinski definition) is 3. The predicted molar refractivity (Wildman–Crippen MR) is 119 cm³/mol. The predicted octanol–water partition coefficient (Wildman–Crippen LogP) is 7.00. The van der Waals surface area contributed by atoms with E-state index in [9.17, 15) is 9.65 Å². The Morgan fingerprint density at radius 1 is 1.07 bits per heavy atom. The first-order valence-electron chi connectivity index (χ1n) is 8.63. The van der Waals surface area contributed by atoms with E-state index in [-0.39, 0.29) is 12.4 Å². The van der Waals surface area contributed by atoms with Gasteiger partial charge in [-0.25, -0.2) is 4.39 Å². The molecule has 0 N–H and O–H groups in total. The van der Waals surface area contributed by atoms with E-state index >= 15 is 0 Å². The second-order valence-electron chi connectivity index (χ2n) is 6.09. The zero-order valence-electron chi connectivity index (χ0n) is 15.5. The van der Waals surface area contributed by atoms with E-state index in [1.165, 1.54) is 6.07 Å². The van der Waals surface area contributed by atoms with Gasteiger partial charge < -0.3 is 9.47 Å². The van der Waals surface area contributed by atoms with Crippen LogP contribution in [0, 0.1) is 17.1 Å². The molecule has 0 radical (unpaired) electrons. The molecule has 3 aromatic rings. The van der Waals surface area contributed by atoms with Crippen molar-refractivity contribution in [3.05, 3.63) is 92.1 Å². The Labute approximate surface area is 185 Å². The van der Waals surface area contributed by atoms with Gasteiger partial charge in [-0.2, -0.15) is 5.26 Å². The van der Waals surface area contributed by atoms with E-state index in [0.29, 0.717) is 25.8 Å². The van der Waals surface area contributed by atoms with Crippen LogP contribution in [0.1, 0.15) is 16.7 Å². The fraction of sp³-hybridized carbons (Fsp3) is 0.0870. The number of benzene rings is 3. The summed E-state index contributed by atoms with van der Waals surface area (Å²) in [6, 6.07) is 19.7. The molecule has 0 aliphatic rings. The maximum atomic E-state index is 13.8. The lowest BCUT2D eigenvalue weighted by atomic mass is 10.0. The van der Waals surface area contributed by atoms with Gasteiger partial charge in [0.05, 0.1) is 27.7 Å². The minimum absolute atomic E-state index is 0.106. The molecular formula is C23H16Br2FNO2. The first kappa shape index (κ1) is 21.1. The molecule has 3 rings (SSSR count). The molecule has 6 heteroatoms. The van der Waals surface area contributed by atoms with Crippen LogP contribution < -0.4 is 9.47 Å². The summed E-state index contributed by atoms with van der Waals surface area (Å²) in [5.41, 5.74) is 2.60. The van der Waals surface area contributed by atoms with Crippen LogP contribution in [0.4, 0.5) is 4.39 Å². The SMILES string of the molecule is COc1ccc(/C(C#N)=C/c2cc(Br)c(OCc3ccccc3F)c(Br)c2)cc1. The molecule has 0 fully saturated rings. The van der Waals surface area contributed by atoms with Gasteiger partial charge in [-0.3, -0.25) is 0 Å². The smallest absolute Gasteiger partial charge is 0.148 e. The van der Waals surface area contributed by atoms with Gasteiger partial charge in [0.2, 0.25) is 0 Å². The highest BCUT2D eigenvalue weighted by Gasteiger charge is 2.11. The van der Waals surface area contributed by atoms with Crippen LogP contribution in [0.25, 0.3) is 11.6 Å². The number of nitriles is 1. The molecule has 0 unspecified atom stereocenters. The molecule has 29 heavy (non-hydrogen) atoms. The molecule has 0 atom stereocenters. The van der Waals surface area contributed by atoms with Crippen LogP contribution >= 0.6 is 31.9 Å². The molecule has 3 nitrogen and oxygen atoms in total. The van der Waals surface area contributed by atoms with Crippen LogP contribution in [-0.4, -0.2) is 7.11 Å². The van der Waals surface area contributed by atoms with E-state index in [2.05, 4.69) is 37.9 Å². The lowest BCUT2D eigenvalue weighted by molar-refractivity contribution is 0.296. The van der Waals surface area contributed by atoms with Gasteiger partial charge in [-0.1, -0.05) is 18.2 Å². The van der Waals surface area contributed by atoms with E-state index in [1.54, 1.807) is 31.4 Å². The van der Waals surface area contributed by atoms with Crippen LogP contribution in [-0.2, 0) is 6.61 Å². The number of methoxy groups -OCH3 is 1. The van der Waals surface area contributed by atoms with E-state index in [1.807, 2.05) is 36.4 Å². The Kier molecular flexibility index (Phi) is 7.08. The van der Waals surface area contributed by atoms with Gasteiger partial charge in [0.1, 0.15) is 23.9 Å². The van der Waals surface area contributed by atoms with E-state index in [0.717, 1.165) is 16.9 Å². The first-order valence-corrected chi connectivity index (χ1v) is 10.2. The highest BCUT2D eigenvalue weighted by Crippen LogP contribution is 2.36. The molecule has 146 valence electrons. The molecule has 0 amide bonds. The van der Waals surface area contributed by atoms with Gasteiger partial charge in [0.25, 0.3) is 0 Å². The average molecular weight is 517 g/mol. The monoisotopic (exact) mass is 515 g/mol. The third kappa shape index (κ3) is 5.26. The minimum Gasteiger partial charge on any atom is -0.497 e. The summed E-state index contributed by atoms with van der Waals surface area (Å²) in [6.45, 7) is 0.106. The Morgan fingerprint density at radius 3 is 2.31 bits per heavy atom. The average Bonchev–Trinajstić information content (AvgIpc) is 2.72.